The summed E-state index contributed by atoms with van der Waals surface area (Å²) in [6, 6.07) is 13.0. The van der Waals surface area contributed by atoms with Crippen LogP contribution in [0.4, 0.5) is 11.4 Å². The van der Waals surface area contributed by atoms with Crippen LogP contribution in [0.25, 0.3) is 10.9 Å². The summed E-state index contributed by atoms with van der Waals surface area (Å²) in [4.78, 5) is 2.89. The smallest absolute Gasteiger partial charge is 0.218 e. The third-order valence-corrected chi connectivity index (χ3v) is 3.55. The number of rotatable bonds is 2. The van der Waals surface area contributed by atoms with Gasteiger partial charge in [0, 0.05) is 10.4 Å². The van der Waals surface area contributed by atoms with Crippen LogP contribution in [0, 0.1) is 6.92 Å². The number of aromatic hydroxyl groups is 1. The van der Waals surface area contributed by atoms with E-state index >= 15 is 0 Å². The molecule has 0 bridgehead atoms. The molecule has 0 aliphatic heterocycles. The van der Waals surface area contributed by atoms with Gasteiger partial charge in [-0.25, -0.2) is 0 Å². The molecule has 0 unspecified atom stereocenters. The maximum Gasteiger partial charge on any atom is 0.218 e. The number of aromatic amines is 1. The van der Waals surface area contributed by atoms with Crippen LogP contribution >= 0.6 is 11.6 Å². The van der Waals surface area contributed by atoms with Crippen molar-refractivity contribution in [2.45, 2.75) is 6.92 Å². The standard InChI is InChI=1S/C15H12ClN3O/c1-9-12(16)8-7-11-13(9)17-15(20)14(11)19-18-10-5-3-2-4-6-10/h2-8,17,20H,1H3. The number of aryl methyl sites for hydroxylation is 1. The van der Waals surface area contributed by atoms with E-state index in [-0.39, 0.29) is 5.88 Å². The van der Waals surface area contributed by atoms with Gasteiger partial charge in [0.15, 0.2) is 5.69 Å². The second-order valence-corrected chi connectivity index (χ2v) is 4.86. The van der Waals surface area contributed by atoms with Gasteiger partial charge in [0.25, 0.3) is 0 Å². The van der Waals surface area contributed by atoms with Crippen LogP contribution in [-0.4, -0.2) is 10.1 Å². The van der Waals surface area contributed by atoms with Gasteiger partial charge in [-0.1, -0.05) is 29.8 Å². The minimum absolute atomic E-state index is 0.00922. The molecule has 5 heteroatoms. The second-order valence-electron chi connectivity index (χ2n) is 4.45. The minimum Gasteiger partial charge on any atom is -0.493 e. The predicted octanol–water partition coefficient (Wildman–Crippen LogP) is 5.25. The highest BCUT2D eigenvalue weighted by atomic mass is 35.5. The molecule has 20 heavy (non-hydrogen) atoms. The summed E-state index contributed by atoms with van der Waals surface area (Å²) in [7, 11) is 0. The van der Waals surface area contributed by atoms with E-state index in [1.807, 2.05) is 43.3 Å². The van der Waals surface area contributed by atoms with Crippen molar-refractivity contribution >= 4 is 33.9 Å². The average Bonchev–Trinajstić information content (AvgIpc) is 2.79. The SMILES string of the molecule is Cc1c(Cl)ccc2c(N=Nc3ccccc3)c(O)[nH]c12. The van der Waals surface area contributed by atoms with Crippen LogP contribution in [0.1, 0.15) is 5.56 Å². The molecule has 0 atom stereocenters. The van der Waals surface area contributed by atoms with Gasteiger partial charge in [-0.3, -0.25) is 0 Å². The summed E-state index contributed by atoms with van der Waals surface area (Å²) in [5, 5.41) is 19.7. The van der Waals surface area contributed by atoms with Gasteiger partial charge in [0.05, 0.1) is 11.2 Å². The van der Waals surface area contributed by atoms with Crippen molar-refractivity contribution in [2.24, 2.45) is 10.2 Å². The highest BCUT2D eigenvalue weighted by Crippen LogP contribution is 2.39. The number of fused-ring (bicyclic) bond motifs is 1. The van der Waals surface area contributed by atoms with Crippen LogP contribution in [0.5, 0.6) is 5.88 Å². The number of azo groups is 1. The topological polar surface area (TPSA) is 60.7 Å². The maximum absolute atomic E-state index is 9.98. The zero-order chi connectivity index (χ0) is 14.1. The Morgan fingerprint density at radius 3 is 2.55 bits per heavy atom. The fourth-order valence-electron chi connectivity index (χ4n) is 2.05. The number of hydrogen-bond acceptors (Lipinski definition) is 3. The Morgan fingerprint density at radius 2 is 1.80 bits per heavy atom. The van der Waals surface area contributed by atoms with Gasteiger partial charge in [0.1, 0.15) is 0 Å². The van der Waals surface area contributed by atoms with Gasteiger partial charge in [-0.2, -0.15) is 5.11 Å². The van der Waals surface area contributed by atoms with E-state index in [0.717, 1.165) is 22.2 Å². The summed E-state index contributed by atoms with van der Waals surface area (Å²) in [6.07, 6.45) is 0. The molecular formula is C15H12ClN3O. The molecule has 1 aromatic heterocycles. The van der Waals surface area contributed by atoms with Crippen molar-refractivity contribution in [1.29, 1.82) is 0 Å². The van der Waals surface area contributed by atoms with E-state index in [9.17, 15) is 5.11 Å². The van der Waals surface area contributed by atoms with Crippen molar-refractivity contribution in [1.82, 2.24) is 4.98 Å². The van der Waals surface area contributed by atoms with E-state index < -0.39 is 0 Å². The highest BCUT2D eigenvalue weighted by molar-refractivity contribution is 6.32. The van der Waals surface area contributed by atoms with Gasteiger partial charge in [0.2, 0.25) is 5.88 Å². The van der Waals surface area contributed by atoms with E-state index in [2.05, 4.69) is 15.2 Å². The summed E-state index contributed by atoms with van der Waals surface area (Å²) in [6.45, 7) is 1.89. The molecule has 4 nitrogen and oxygen atoms in total. The lowest BCUT2D eigenvalue weighted by Gasteiger charge is -1.98. The zero-order valence-corrected chi connectivity index (χ0v) is 11.5. The number of H-pyrrole nitrogens is 1. The summed E-state index contributed by atoms with van der Waals surface area (Å²) < 4.78 is 0. The fourth-order valence-corrected chi connectivity index (χ4v) is 2.21. The Kier molecular flexibility index (Phi) is 3.16. The minimum atomic E-state index is -0.00922. The molecular weight excluding hydrogens is 274 g/mol. The number of nitrogens with one attached hydrogen (secondary N) is 1. The Labute approximate surface area is 120 Å². The van der Waals surface area contributed by atoms with Gasteiger partial charge in [-0.15, -0.1) is 5.11 Å². The van der Waals surface area contributed by atoms with Crippen LogP contribution < -0.4 is 0 Å². The molecule has 0 saturated carbocycles. The molecule has 2 N–H and O–H groups in total. The normalized spacial score (nSPS) is 11.5. The Morgan fingerprint density at radius 1 is 1.05 bits per heavy atom. The highest BCUT2D eigenvalue weighted by Gasteiger charge is 2.13. The third-order valence-electron chi connectivity index (χ3n) is 3.14. The molecule has 0 saturated heterocycles. The number of benzene rings is 2. The number of halogens is 1. The average molecular weight is 286 g/mol. The molecule has 0 spiro atoms. The lowest BCUT2D eigenvalue weighted by molar-refractivity contribution is 0.459. The first kappa shape index (κ1) is 12.7. The first-order valence-corrected chi connectivity index (χ1v) is 6.51. The van der Waals surface area contributed by atoms with Gasteiger partial charge < -0.3 is 10.1 Å². The second kappa shape index (κ2) is 4.98. The lowest BCUT2D eigenvalue weighted by atomic mass is 10.1. The first-order valence-electron chi connectivity index (χ1n) is 6.13. The van der Waals surface area contributed by atoms with Crippen LogP contribution in [-0.2, 0) is 0 Å². The van der Waals surface area contributed by atoms with Crippen molar-refractivity contribution in [3.05, 3.63) is 53.1 Å². The van der Waals surface area contributed by atoms with Crippen LogP contribution in [0.15, 0.2) is 52.7 Å². The molecule has 1 heterocycles. The quantitative estimate of drug-likeness (QED) is 0.621. The molecule has 0 radical (unpaired) electrons. The summed E-state index contributed by atoms with van der Waals surface area (Å²) >= 11 is 6.07. The van der Waals surface area contributed by atoms with E-state index in [0.29, 0.717) is 10.7 Å². The number of hydrogen-bond donors (Lipinski definition) is 2. The zero-order valence-electron chi connectivity index (χ0n) is 10.8. The molecule has 3 rings (SSSR count). The molecule has 0 amide bonds. The molecule has 0 aliphatic rings. The molecule has 100 valence electrons. The van der Waals surface area contributed by atoms with Crippen molar-refractivity contribution < 1.29 is 5.11 Å². The van der Waals surface area contributed by atoms with Crippen molar-refractivity contribution in [2.75, 3.05) is 0 Å². The molecule has 0 fully saturated rings. The molecule has 3 aromatic rings. The fraction of sp³-hybridized carbons (Fsp3) is 0.0667. The number of aromatic nitrogens is 1. The monoisotopic (exact) mass is 285 g/mol. The summed E-state index contributed by atoms with van der Waals surface area (Å²) in [5.41, 5.74) is 2.80. The Bertz CT molecular complexity index is 794. The van der Waals surface area contributed by atoms with Crippen LogP contribution in [0.3, 0.4) is 0 Å². The van der Waals surface area contributed by atoms with E-state index in [4.69, 9.17) is 11.6 Å². The molecule has 2 aromatic carbocycles. The summed E-state index contributed by atoms with van der Waals surface area (Å²) in [5.74, 6) is -0.00922. The van der Waals surface area contributed by atoms with E-state index in [1.165, 1.54) is 0 Å². The Hall–Kier alpha value is -2.33. The predicted molar refractivity (Wildman–Crippen MR) is 80.3 cm³/mol. The largest absolute Gasteiger partial charge is 0.493 e. The number of nitrogens with zero attached hydrogens (tertiary/aromatic N) is 2. The van der Waals surface area contributed by atoms with Gasteiger partial charge >= 0.3 is 0 Å². The van der Waals surface area contributed by atoms with Gasteiger partial charge in [-0.05, 0) is 36.8 Å². The lowest BCUT2D eigenvalue weighted by Crippen LogP contribution is -1.77. The third kappa shape index (κ3) is 2.14. The van der Waals surface area contributed by atoms with Crippen molar-refractivity contribution in [3.8, 4) is 5.88 Å². The van der Waals surface area contributed by atoms with Crippen molar-refractivity contribution in [3.63, 3.8) is 0 Å². The Balaban J connectivity index is 2.11. The first-order chi connectivity index (χ1) is 9.66. The van der Waals surface area contributed by atoms with Crippen LogP contribution in [0.2, 0.25) is 5.02 Å². The molecule has 0 aliphatic carbocycles. The van der Waals surface area contributed by atoms with E-state index in [1.54, 1.807) is 6.07 Å². The maximum atomic E-state index is 9.98.